The van der Waals surface area contributed by atoms with Crippen LogP contribution in [0.15, 0.2) is 18.2 Å². The summed E-state index contributed by atoms with van der Waals surface area (Å²) in [5.41, 5.74) is 4.44. The SMILES string of the molecule is CC(C)(F)c1ccc(F)c(C(N)CO)c1. The molecule has 15 heavy (non-hydrogen) atoms. The highest BCUT2D eigenvalue weighted by Gasteiger charge is 2.21. The van der Waals surface area contributed by atoms with E-state index in [0.29, 0.717) is 5.56 Å². The van der Waals surface area contributed by atoms with Crippen LogP contribution in [-0.2, 0) is 5.67 Å². The number of rotatable bonds is 3. The summed E-state index contributed by atoms with van der Waals surface area (Å²) >= 11 is 0. The second-order valence-corrected chi connectivity index (χ2v) is 4.00. The van der Waals surface area contributed by atoms with Crippen LogP contribution >= 0.6 is 0 Å². The normalized spacial score (nSPS) is 14.0. The van der Waals surface area contributed by atoms with E-state index >= 15 is 0 Å². The molecule has 0 aliphatic rings. The molecule has 0 aromatic heterocycles. The fourth-order valence-corrected chi connectivity index (χ4v) is 1.30. The van der Waals surface area contributed by atoms with Crippen molar-refractivity contribution in [2.75, 3.05) is 6.61 Å². The molecule has 2 nitrogen and oxygen atoms in total. The van der Waals surface area contributed by atoms with E-state index in [-0.39, 0.29) is 12.2 Å². The van der Waals surface area contributed by atoms with Gasteiger partial charge < -0.3 is 10.8 Å². The van der Waals surface area contributed by atoms with Crippen LogP contribution < -0.4 is 5.73 Å². The molecule has 3 N–H and O–H groups in total. The van der Waals surface area contributed by atoms with E-state index in [1.54, 1.807) is 0 Å². The molecule has 1 aromatic rings. The van der Waals surface area contributed by atoms with Crippen LogP contribution in [-0.4, -0.2) is 11.7 Å². The lowest BCUT2D eigenvalue weighted by atomic mass is 9.95. The molecule has 1 atom stereocenters. The Morgan fingerprint density at radius 2 is 2.07 bits per heavy atom. The van der Waals surface area contributed by atoms with Crippen LogP contribution in [0, 0.1) is 5.82 Å². The summed E-state index contributed by atoms with van der Waals surface area (Å²) in [6.45, 7) is 2.40. The highest BCUT2D eigenvalue weighted by molar-refractivity contribution is 5.30. The maximum atomic E-state index is 13.6. The molecule has 0 fully saturated rings. The molecule has 0 aliphatic heterocycles. The van der Waals surface area contributed by atoms with Gasteiger partial charge in [0.05, 0.1) is 12.6 Å². The number of halogens is 2. The highest BCUT2D eigenvalue weighted by Crippen LogP contribution is 2.27. The maximum Gasteiger partial charge on any atom is 0.130 e. The molecule has 0 aliphatic carbocycles. The van der Waals surface area contributed by atoms with Gasteiger partial charge in [0.15, 0.2) is 0 Å². The minimum absolute atomic E-state index is 0.140. The first-order chi connectivity index (χ1) is 6.86. The van der Waals surface area contributed by atoms with E-state index in [1.165, 1.54) is 32.0 Å². The van der Waals surface area contributed by atoms with E-state index in [4.69, 9.17) is 10.8 Å². The number of aliphatic hydroxyl groups excluding tert-OH is 1. The van der Waals surface area contributed by atoms with E-state index < -0.39 is 17.5 Å². The lowest BCUT2D eigenvalue weighted by Gasteiger charge is -2.18. The molecule has 1 unspecified atom stereocenters. The van der Waals surface area contributed by atoms with Crippen LogP contribution in [0.1, 0.15) is 31.0 Å². The molecule has 0 radical (unpaired) electrons. The molecule has 1 rings (SSSR count). The van der Waals surface area contributed by atoms with Crippen molar-refractivity contribution in [2.24, 2.45) is 5.73 Å². The van der Waals surface area contributed by atoms with Gasteiger partial charge in [-0.3, -0.25) is 0 Å². The van der Waals surface area contributed by atoms with E-state index in [0.717, 1.165) is 0 Å². The van der Waals surface area contributed by atoms with Crippen molar-refractivity contribution in [3.05, 3.63) is 35.1 Å². The third-order valence-electron chi connectivity index (χ3n) is 2.28. The minimum Gasteiger partial charge on any atom is -0.394 e. The van der Waals surface area contributed by atoms with Gasteiger partial charge in [-0.25, -0.2) is 8.78 Å². The average Bonchev–Trinajstić information content (AvgIpc) is 2.15. The number of alkyl halides is 1. The zero-order valence-electron chi connectivity index (χ0n) is 8.80. The summed E-state index contributed by atoms with van der Waals surface area (Å²) in [6.07, 6.45) is 0. The molecular weight excluding hydrogens is 200 g/mol. The van der Waals surface area contributed by atoms with Crippen LogP contribution in [0.25, 0.3) is 0 Å². The molecule has 0 saturated carbocycles. The van der Waals surface area contributed by atoms with Crippen molar-refractivity contribution in [3.8, 4) is 0 Å². The number of benzene rings is 1. The van der Waals surface area contributed by atoms with Crippen molar-refractivity contribution in [3.63, 3.8) is 0 Å². The molecule has 4 heteroatoms. The van der Waals surface area contributed by atoms with Crippen LogP contribution in [0.2, 0.25) is 0 Å². The van der Waals surface area contributed by atoms with Gasteiger partial charge in [-0.05, 0) is 31.5 Å². The zero-order chi connectivity index (χ0) is 11.6. The van der Waals surface area contributed by atoms with Crippen molar-refractivity contribution in [1.29, 1.82) is 0 Å². The Morgan fingerprint density at radius 1 is 1.47 bits per heavy atom. The van der Waals surface area contributed by atoms with Crippen LogP contribution in [0.3, 0.4) is 0 Å². The average molecular weight is 215 g/mol. The van der Waals surface area contributed by atoms with E-state index in [1.807, 2.05) is 0 Å². The monoisotopic (exact) mass is 215 g/mol. The molecule has 0 saturated heterocycles. The first-order valence-corrected chi connectivity index (χ1v) is 4.71. The fourth-order valence-electron chi connectivity index (χ4n) is 1.30. The van der Waals surface area contributed by atoms with E-state index in [2.05, 4.69) is 0 Å². The standard InChI is InChI=1S/C11H15F2NO/c1-11(2,13)7-3-4-9(12)8(5-7)10(14)6-15/h3-5,10,15H,6,14H2,1-2H3. The second-order valence-electron chi connectivity index (χ2n) is 4.00. The van der Waals surface area contributed by atoms with Crippen molar-refractivity contribution in [1.82, 2.24) is 0 Å². The van der Waals surface area contributed by atoms with Crippen molar-refractivity contribution >= 4 is 0 Å². The quantitative estimate of drug-likeness (QED) is 0.810. The fraction of sp³-hybridized carbons (Fsp3) is 0.455. The summed E-state index contributed by atoms with van der Waals surface area (Å²) in [5, 5.41) is 8.82. The van der Waals surface area contributed by atoms with Gasteiger partial charge in [0, 0.05) is 5.56 Å². The predicted octanol–water partition coefficient (Wildman–Crippen LogP) is 2.02. The minimum atomic E-state index is -1.54. The summed E-state index contributed by atoms with van der Waals surface area (Å²) in [4.78, 5) is 0. The smallest absolute Gasteiger partial charge is 0.130 e. The number of hydrogen-bond acceptors (Lipinski definition) is 2. The summed E-state index contributed by atoms with van der Waals surface area (Å²) in [7, 11) is 0. The van der Waals surface area contributed by atoms with E-state index in [9.17, 15) is 8.78 Å². The zero-order valence-corrected chi connectivity index (χ0v) is 8.80. The van der Waals surface area contributed by atoms with Gasteiger partial charge in [0.2, 0.25) is 0 Å². The molecule has 84 valence electrons. The highest BCUT2D eigenvalue weighted by atomic mass is 19.1. The van der Waals surface area contributed by atoms with Gasteiger partial charge >= 0.3 is 0 Å². The Morgan fingerprint density at radius 3 is 2.53 bits per heavy atom. The van der Waals surface area contributed by atoms with Gasteiger partial charge in [0.1, 0.15) is 11.5 Å². The maximum absolute atomic E-state index is 13.6. The summed E-state index contributed by atoms with van der Waals surface area (Å²) in [6, 6.07) is 3.09. The Kier molecular flexibility index (Phi) is 3.42. The van der Waals surface area contributed by atoms with Gasteiger partial charge in [-0.2, -0.15) is 0 Å². The second kappa shape index (κ2) is 4.24. The first-order valence-electron chi connectivity index (χ1n) is 4.71. The lowest BCUT2D eigenvalue weighted by Crippen LogP contribution is -2.18. The van der Waals surface area contributed by atoms with Crippen molar-refractivity contribution in [2.45, 2.75) is 25.6 Å². The summed E-state index contributed by atoms with van der Waals surface area (Å²) in [5.74, 6) is -0.524. The van der Waals surface area contributed by atoms with Crippen LogP contribution in [0.4, 0.5) is 8.78 Å². The number of aliphatic hydroxyl groups is 1. The van der Waals surface area contributed by atoms with Gasteiger partial charge in [-0.1, -0.05) is 6.07 Å². The third-order valence-corrected chi connectivity index (χ3v) is 2.28. The molecular formula is C11H15F2NO. The predicted molar refractivity (Wildman–Crippen MR) is 54.5 cm³/mol. The Bertz CT molecular complexity index is 347. The van der Waals surface area contributed by atoms with Gasteiger partial charge in [-0.15, -0.1) is 0 Å². The largest absolute Gasteiger partial charge is 0.394 e. The summed E-state index contributed by atoms with van der Waals surface area (Å²) < 4.78 is 26.9. The number of hydrogen-bond donors (Lipinski definition) is 2. The van der Waals surface area contributed by atoms with Crippen molar-refractivity contribution < 1.29 is 13.9 Å². The first kappa shape index (κ1) is 12.1. The molecule has 0 heterocycles. The number of nitrogens with two attached hydrogens (primary N) is 1. The Labute approximate surface area is 87.7 Å². The molecule has 1 aromatic carbocycles. The molecule has 0 spiro atoms. The Hall–Kier alpha value is -1.00. The topological polar surface area (TPSA) is 46.2 Å². The Balaban J connectivity index is 3.17. The molecule has 0 bridgehead atoms. The molecule has 0 amide bonds. The third kappa shape index (κ3) is 2.73. The van der Waals surface area contributed by atoms with Gasteiger partial charge in [0.25, 0.3) is 0 Å². The lowest BCUT2D eigenvalue weighted by molar-refractivity contribution is 0.220. The van der Waals surface area contributed by atoms with Crippen LogP contribution in [0.5, 0.6) is 0 Å².